The normalized spacial score (nSPS) is 34.6. The van der Waals surface area contributed by atoms with E-state index in [1.807, 2.05) is 0 Å². The van der Waals surface area contributed by atoms with E-state index in [2.05, 4.69) is 10.6 Å². The molecule has 4 aliphatic heterocycles. The van der Waals surface area contributed by atoms with Gasteiger partial charge >= 0.3 is 0 Å². The second-order valence-corrected chi connectivity index (χ2v) is 8.30. The number of rotatable bonds is 4. The number of nitrogens with zero attached hydrogens (tertiary/aromatic N) is 1. The number of primary amides is 1. The van der Waals surface area contributed by atoms with Crippen LogP contribution >= 0.6 is 0 Å². The van der Waals surface area contributed by atoms with Crippen LogP contribution in [-0.4, -0.2) is 53.8 Å². The Morgan fingerprint density at radius 3 is 2.80 bits per heavy atom. The highest BCUT2D eigenvalue weighted by Gasteiger charge is 2.70. The molecule has 4 heterocycles. The van der Waals surface area contributed by atoms with Crippen LogP contribution in [0.4, 0.5) is 10.1 Å². The zero-order valence-corrected chi connectivity index (χ0v) is 16.0. The lowest BCUT2D eigenvalue weighted by atomic mass is 9.76. The van der Waals surface area contributed by atoms with E-state index < -0.39 is 52.9 Å². The SMILES string of the molecule is NC(=O)C[C@@H]1N[C@@]2(C(=O)Nc3ccc(F)cc32)[C@H]2C(=O)N(C[C@H]3CCCO3)C(=O)[C@@H]12. The number of carbonyl (C=O) groups excluding carboxylic acids is 4. The Morgan fingerprint density at radius 2 is 2.10 bits per heavy atom. The molecule has 0 unspecified atom stereocenters. The number of likely N-dealkylation sites (tertiary alicyclic amines) is 1. The number of nitrogens with two attached hydrogens (primary N) is 1. The number of fused-ring (bicyclic) bond motifs is 4. The first-order valence-electron chi connectivity index (χ1n) is 9.97. The number of ether oxygens (including phenoxy) is 1. The largest absolute Gasteiger partial charge is 0.376 e. The van der Waals surface area contributed by atoms with Crippen molar-refractivity contribution in [3.8, 4) is 0 Å². The number of amides is 4. The van der Waals surface area contributed by atoms with Gasteiger partial charge in [-0.1, -0.05) is 0 Å². The highest BCUT2D eigenvalue weighted by molar-refractivity contribution is 6.15. The van der Waals surface area contributed by atoms with Crippen LogP contribution in [0.2, 0.25) is 0 Å². The van der Waals surface area contributed by atoms with E-state index in [4.69, 9.17) is 10.5 Å². The molecule has 9 nitrogen and oxygen atoms in total. The third kappa shape index (κ3) is 2.53. The maximum Gasteiger partial charge on any atom is 0.250 e. The number of nitrogens with one attached hydrogen (secondary N) is 2. The Hall–Kier alpha value is -2.85. The Kier molecular flexibility index (Phi) is 4.19. The smallest absolute Gasteiger partial charge is 0.250 e. The number of anilines is 1. The molecule has 3 saturated heterocycles. The van der Waals surface area contributed by atoms with E-state index in [0.717, 1.165) is 17.7 Å². The van der Waals surface area contributed by atoms with E-state index in [1.54, 1.807) is 0 Å². The van der Waals surface area contributed by atoms with Gasteiger partial charge in [-0.15, -0.1) is 0 Å². The molecule has 5 rings (SSSR count). The second kappa shape index (κ2) is 6.58. The number of benzene rings is 1. The average Bonchev–Trinajstić information content (AvgIpc) is 3.42. The van der Waals surface area contributed by atoms with Crippen LogP contribution in [0.15, 0.2) is 18.2 Å². The van der Waals surface area contributed by atoms with Gasteiger partial charge in [-0.3, -0.25) is 29.4 Å². The number of hydrogen-bond acceptors (Lipinski definition) is 6. The van der Waals surface area contributed by atoms with Gasteiger partial charge in [0.1, 0.15) is 11.4 Å². The molecule has 0 aromatic heterocycles. The molecule has 3 fully saturated rings. The molecule has 0 aliphatic carbocycles. The minimum atomic E-state index is -1.64. The van der Waals surface area contributed by atoms with Crippen LogP contribution in [0.25, 0.3) is 0 Å². The summed E-state index contributed by atoms with van der Waals surface area (Å²) in [6, 6.07) is 2.99. The molecule has 158 valence electrons. The van der Waals surface area contributed by atoms with E-state index in [0.29, 0.717) is 12.3 Å². The minimum Gasteiger partial charge on any atom is -0.376 e. The Morgan fingerprint density at radius 1 is 1.30 bits per heavy atom. The summed E-state index contributed by atoms with van der Waals surface area (Å²) in [6.07, 6.45) is 1.10. The summed E-state index contributed by atoms with van der Waals surface area (Å²) in [5.74, 6) is -4.83. The highest BCUT2D eigenvalue weighted by atomic mass is 19.1. The fraction of sp³-hybridized carbons (Fsp3) is 0.500. The lowest BCUT2D eigenvalue weighted by Crippen LogP contribution is -2.54. The summed E-state index contributed by atoms with van der Waals surface area (Å²) in [4.78, 5) is 52.6. The first-order chi connectivity index (χ1) is 14.3. The van der Waals surface area contributed by atoms with Crippen molar-refractivity contribution in [1.82, 2.24) is 10.2 Å². The van der Waals surface area contributed by atoms with Gasteiger partial charge in [0.25, 0.3) is 0 Å². The lowest BCUT2D eigenvalue weighted by molar-refractivity contribution is -0.144. The van der Waals surface area contributed by atoms with E-state index in [1.165, 1.54) is 18.2 Å². The third-order valence-electron chi connectivity index (χ3n) is 6.60. The summed E-state index contributed by atoms with van der Waals surface area (Å²) in [7, 11) is 0. The predicted octanol–water partition coefficient (Wildman–Crippen LogP) is -0.400. The zero-order valence-electron chi connectivity index (χ0n) is 16.0. The van der Waals surface area contributed by atoms with Crippen molar-refractivity contribution in [3.63, 3.8) is 0 Å². The van der Waals surface area contributed by atoms with E-state index >= 15 is 0 Å². The summed E-state index contributed by atoms with van der Waals surface area (Å²) in [6.45, 7) is 0.667. The standard InChI is InChI=1S/C20H21FN4O5/c21-9-3-4-12-11(6-9)20(19(29)23-12)16-15(13(24-20)7-14(22)26)17(27)25(18(16)28)8-10-2-1-5-30-10/h3-4,6,10,13,15-16,24H,1-2,5,7-8H2,(H2,22,26)(H,23,29)/t10-,13+,15+,16-,20-/m1/s1. The van der Waals surface area contributed by atoms with Crippen molar-refractivity contribution in [2.24, 2.45) is 17.6 Å². The van der Waals surface area contributed by atoms with E-state index in [9.17, 15) is 23.6 Å². The number of carbonyl (C=O) groups is 4. The fourth-order valence-corrected chi connectivity index (χ4v) is 5.40. The topological polar surface area (TPSA) is 131 Å². The maximum atomic E-state index is 14.1. The van der Waals surface area contributed by atoms with Crippen molar-refractivity contribution < 1.29 is 28.3 Å². The van der Waals surface area contributed by atoms with Gasteiger partial charge in [-0.05, 0) is 31.0 Å². The molecule has 5 atom stereocenters. The van der Waals surface area contributed by atoms with Gasteiger partial charge in [0.2, 0.25) is 23.6 Å². The summed E-state index contributed by atoms with van der Waals surface area (Å²) in [5.41, 5.74) is 4.36. The summed E-state index contributed by atoms with van der Waals surface area (Å²) >= 11 is 0. The van der Waals surface area contributed by atoms with Crippen molar-refractivity contribution in [1.29, 1.82) is 0 Å². The Bertz CT molecular complexity index is 978. The molecule has 4 aliphatic rings. The quantitative estimate of drug-likeness (QED) is 0.573. The molecule has 10 heteroatoms. The number of halogens is 1. The van der Waals surface area contributed by atoms with Crippen LogP contribution < -0.4 is 16.4 Å². The number of imide groups is 1. The Labute approximate surface area is 171 Å². The lowest BCUT2D eigenvalue weighted by Gasteiger charge is -2.30. The third-order valence-corrected chi connectivity index (χ3v) is 6.60. The molecule has 4 N–H and O–H groups in total. The molecule has 30 heavy (non-hydrogen) atoms. The van der Waals surface area contributed by atoms with Gasteiger partial charge in [0, 0.05) is 30.3 Å². The zero-order chi connectivity index (χ0) is 21.2. The van der Waals surface area contributed by atoms with Crippen molar-refractivity contribution in [3.05, 3.63) is 29.6 Å². The maximum absolute atomic E-state index is 14.1. The first kappa shape index (κ1) is 19.1. The molecule has 0 radical (unpaired) electrons. The van der Waals surface area contributed by atoms with Crippen LogP contribution in [-0.2, 0) is 29.5 Å². The second-order valence-electron chi connectivity index (χ2n) is 8.30. The average molecular weight is 416 g/mol. The molecule has 0 bridgehead atoms. The molecular formula is C20H21FN4O5. The van der Waals surface area contributed by atoms with Gasteiger partial charge in [-0.2, -0.15) is 0 Å². The predicted molar refractivity (Wildman–Crippen MR) is 100 cm³/mol. The van der Waals surface area contributed by atoms with Crippen molar-refractivity contribution in [2.75, 3.05) is 18.5 Å². The van der Waals surface area contributed by atoms with Gasteiger partial charge in [0.15, 0.2) is 0 Å². The fourth-order valence-electron chi connectivity index (χ4n) is 5.40. The molecule has 1 aromatic rings. The van der Waals surface area contributed by atoms with Crippen LogP contribution in [0.5, 0.6) is 0 Å². The Balaban J connectivity index is 1.60. The van der Waals surface area contributed by atoms with E-state index in [-0.39, 0.29) is 24.6 Å². The summed E-state index contributed by atoms with van der Waals surface area (Å²) < 4.78 is 19.6. The molecule has 4 amide bonds. The molecular weight excluding hydrogens is 395 g/mol. The van der Waals surface area contributed by atoms with Crippen molar-refractivity contribution in [2.45, 2.75) is 36.9 Å². The minimum absolute atomic E-state index is 0.0989. The van der Waals surface area contributed by atoms with Crippen LogP contribution in [0.3, 0.4) is 0 Å². The summed E-state index contributed by atoms with van der Waals surface area (Å²) in [5, 5.41) is 5.70. The number of hydrogen-bond donors (Lipinski definition) is 3. The van der Waals surface area contributed by atoms with Crippen LogP contribution in [0.1, 0.15) is 24.8 Å². The van der Waals surface area contributed by atoms with Gasteiger partial charge in [-0.25, -0.2) is 4.39 Å². The van der Waals surface area contributed by atoms with Crippen LogP contribution in [0, 0.1) is 17.7 Å². The molecule has 1 aromatic carbocycles. The first-order valence-corrected chi connectivity index (χ1v) is 9.97. The highest BCUT2D eigenvalue weighted by Crippen LogP contribution is 2.53. The van der Waals surface area contributed by atoms with Gasteiger partial charge < -0.3 is 15.8 Å². The van der Waals surface area contributed by atoms with Gasteiger partial charge in [0.05, 0.1) is 24.5 Å². The molecule has 1 spiro atoms. The van der Waals surface area contributed by atoms with Crippen molar-refractivity contribution >= 4 is 29.3 Å². The molecule has 0 saturated carbocycles. The monoisotopic (exact) mass is 416 g/mol.